The second kappa shape index (κ2) is 11.1. The number of pyridine rings is 1. The molecule has 0 bridgehead atoms. The summed E-state index contributed by atoms with van der Waals surface area (Å²) >= 11 is 5.87. The number of amides is 1. The van der Waals surface area contributed by atoms with Crippen LogP contribution >= 0.6 is 11.6 Å². The number of rotatable bonds is 8. The first-order valence-corrected chi connectivity index (χ1v) is 15.7. The highest BCUT2D eigenvalue weighted by molar-refractivity contribution is 6.82. The number of carbonyl (C=O) groups is 2. The molecule has 0 saturated carbocycles. The van der Waals surface area contributed by atoms with Crippen LogP contribution in [0.2, 0.25) is 16.6 Å². The fourth-order valence-electron chi connectivity index (χ4n) is 6.60. The number of Topliss-reactive ketones (excluding diaryl/α,β-unsaturated/α-hetero) is 1. The first-order valence-electron chi connectivity index (χ1n) is 13.1. The van der Waals surface area contributed by atoms with Gasteiger partial charge in [-0.3, -0.25) is 4.79 Å². The first-order chi connectivity index (χ1) is 16.9. The van der Waals surface area contributed by atoms with E-state index in [1.165, 1.54) is 0 Å². The normalized spacial score (nSPS) is 19.9. The molecule has 9 heteroatoms. The Bertz CT molecular complexity index is 1080. The largest absolute Gasteiger partial charge is 0.494 e. The monoisotopic (exact) mass is 535 g/mol. The number of fused-ring (bicyclic) bond motifs is 1. The van der Waals surface area contributed by atoms with Gasteiger partial charge < -0.3 is 18.6 Å². The van der Waals surface area contributed by atoms with Gasteiger partial charge in [-0.1, -0.05) is 60.1 Å². The highest BCUT2D eigenvalue weighted by Gasteiger charge is 2.46. The zero-order chi connectivity index (χ0) is 26.9. The maximum absolute atomic E-state index is 14.1. The summed E-state index contributed by atoms with van der Waals surface area (Å²) < 4.78 is 13.3. The number of aromatic nitrogens is 2. The van der Waals surface area contributed by atoms with E-state index in [-0.39, 0.29) is 17.6 Å². The Labute approximate surface area is 221 Å². The van der Waals surface area contributed by atoms with Crippen LogP contribution in [0, 0.1) is 11.8 Å². The summed E-state index contributed by atoms with van der Waals surface area (Å²) in [6, 6.07) is 2.03. The van der Waals surface area contributed by atoms with Crippen LogP contribution in [0.3, 0.4) is 0 Å². The lowest BCUT2D eigenvalue weighted by atomic mass is 9.81. The van der Waals surface area contributed by atoms with Gasteiger partial charge in [0.2, 0.25) is 0 Å². The molecule has 3 heterocycles. The molecular formula is C27H42ClN3O4Si. The van der Waals surface area contributed by atoms with Crippen molar-refractivity contribution in [3.63, 3.8) is 0 Å². The Morgan fingerprint density at radius 3 is 2.25 bits per heavy atom. The lowest BCUT2D eigenvalue weighted by Gasteiger charge is -2.44. The highest BCUT2D eigenvalue weighted by atomic mass is 35.5. The van der Waals surface area contributed by atoms with Crippen LogP contribution in [-0.4, -0.2) is 60.0 Å². The Morgan fingerprint density at radius 1 is 1.11 bits per heavy atom. The van der Waals surface area contributed by atoms with E-state index in [4.69, 9.17) is 26.1 Å². The third-order valence-corrected chi connectivity index (χ3v) is 15.0. The van der Waals surface area contributed by atoms with Crippen molar-refractivity contribution in [3.05, 3.63) is 24.0 Å². The molecule has 2 aromatic heterocycles. The molecule has 1 aliphatic heterocycles. The van der Waals surface area contributed by atoms with Crippen LogP contribution < -0.4 is 4.74 Å². The molecule has 1 fully saturated rings. The second-order valence-corrected chi connectivity index (χ2v) is 17.4. The molecular weight excluding hydrogens is 494 g/mol. The van der Waals surface area contributed by atoms with Crippen molar-refractivity contribution in [2.45, 2.75) is 84.0 Å². The number of likely N-dealkylation sites (tertiary alicyclic amines) is 1. The lowest BCUT2D eigenvalue weighted by Crippen LogP contribution is -2.51. The van der Waals surface area contributed by atoms with Crippen LogP contribution in [-0.2, 0) is 4.74 Å². The van der Waals surface area contributed by atoms with Crippen LogP contribution in [0.4, 0.5) is 4.79 Å². The Hall–Kier alpha value is -2.06. The first kappa shape index (κ1) is 28.5. The van der Waals surface area contributed by atoms with Gasteiger partial charge in [-0.05, 0) is 48.1 Å². The van der Waals surface area contributed by atoms with Gasteiger partial charge in [-0.2, -0.15) is 0 Å². The molecule has 200 valence electrons. The number of ketones is 1. The molecule has 0 aromatic carbocycles. The number of methoxy groups -OCH3 is 1. The number of halogens is 1. The van der Waals surface area contributed by atoms with Crippen molar-refractivity contribution < 1.29 is 19.1 Å². The van der Waals surface area contributed by atoms with E-state index in [9.17, 15) is 9.59 Å². The van der Waals surface area contributed by atoms with E-state index >= 15 is 0 Å². The van der Waals surface area contributed by atoms with E-state index in [0.717, 1.165) is 11.0 Å². The number of alkyl halides is 1. The molecule has 7 nitrogen and oxygen atoms in total. The Balaban J connectivity index is 2.12. The van der Waals surface area contributed by atoms with Gasteiger partial charge in [0.25, 0.3) is 0 Å². The summed E-state index contributed by atoms with van der Waals surface area (Å²) in [5, 5.41) is 0.819. The average molecular weight is 536 g/mol. The van der Waals surface area contributed by atoms with Crippen LogP contribution in [0.25, 0.3) is 11.0 Å². The predicted molar refractivity (Wildman–Crippen MR) is 148 cm³/mol. The predicted octanol–water partition coefficient (Wildman–Crippen LogP) is 6.93. The molecule has 1 aliphatic rings. The minimum atomic E-state index is -2.08. The van der Waals surface area contributed by atoms with Gasteiger partial charge >= 0.3 is 6.09 Å². The molecule has 1 amide bonds. The van der Waals surface area contributed by atoms with Gasteiger partial charge in [0.05, 0.1) is 18.9 Å². The zero-order valence-electron chi connectivity index (χ0n) is 23.2. The summed E-state index contributed by atoms with van der Waals surface area (Å²) in [5.41, 5.74) is 2.13. The summed E-state index contributed by atoms with van der Waals surface area (Å²) in [5.74, 6) is 0.187. The quantitative estimate of drug-likeness (QED) is 0.208. The van der Waals surface area contributed by atoms with Crippen molar-refractivity contribution in [2.75, 3.05) is 20.2 Å². The molecule has 0 aliphatic carbocycles. The summed E-state index contributed by atoms with van der Waals surface area (Å²) in [6.07, 6.45) is 4.04. The van der Waals surface area contributed by atoms with Gasteiger partial charge in [-0.25, -0.2) is 9.78 Å². The third-order valence-electron chi connectivity index (χ3n) is 8.15. The van der Waals surface area contributed by atoms with E-state index in [0.29, 0.717) is 47.4 Å². The van der Waals surface area contributed by atoms with Gasteiger partial charge in [0, 0.05) is 24.4 Å². The number of hydrogen-bond acceptors (Lipinski definition) is 5. The maximum Gasteiger partial charge on any atom is 0.411 e. The molecule has 1 unspecified atom stereocenters. The van der Waals surface area contributed by atoms with Crippen molar-refractivity contribution in [3.8, 4) is 5.75 Å². The minimum Gasteiger partial charge on any atom is -0.494 e. The Morgan fingerprint density at radius 2 is 1.72 bits per heavy atom. The SMILES string of the molecule is COc1cnc2c(ccn2[Si](C(C)C)(C(C)C)C(C)C)c1C(=O)[C@@H]1CN(C(=O)OC(C)Cl)CC[C@@H]1C. The van der Waals surface area contributed by atoms with Crippen LogP contribution in [0.15, 0.2) is 18.5 Å². The number of piperidine rings is 1. The highest BCUT2D eigenvalue weighted by Crippen LogP contribution is 2.45. The number of ether oxygens (including phenoxy) is 2. The van der Waals surface area contributed by atoms with Crippen LogP contribution in [0.5, 0.6) is 5.75 Å². The number of hydrogen-bond donors (Lipinski definition) is 0. The van der Waals surface area contributed by atoms with E-state index < -0.39 is 19.9 Å². The van der Waals surface area contributed by atoms with Gasteiger partial charge in [0.15, 0.2) is 19.6 Å². The fourth-order valence-corrected chi connectivity index (χ4v) is 13.2. The Kier molecular flexibility index (Phi) is 8.81. The molecule has 0 N–H and O–H groups in total. The second-order valence-electron chi connectivity index (χ2n) is 11.1. The standard InChI is InChI=1S/C27H42ClN3O4Si/c1-16(2)36(17(3)4,18(5)6)31-13-11-21-24(23(34-9)14-29-26(21)31)25(32)22-15-30(12-10-19(22)7)27(33)35-20(8)28/h11,13-14,16-20,22H,10,12,15H2,1-9H3/t19-,20?,22+/m0/s1. The molecule has 2 aromatic rings. The van der Waals surface area contributed by atoms with Crippen molar-refractivity contribution in [1.82, 2.24) is 14.1 Å². The fraction of sp³-hybridized carbons (Fsp3) is 0.667. The van der Waals surface area contributed by atoms with Crippen molar-refractivity contribution in [1.29, 1.82) is 0 Å². The summed E-state index contributed by atoms with van der Waals surface area (Å²) in [6.45, 7) is 18.4. The lowest BCUT2D eigenvalue weighted by molar-refractivity contribution is 0.0579. The van der Waals surface area contributed by atoms with E-state index in [2.05, 4.69) is 58.9 Å². The summed E-state index contributed by atoms with van der Waals surface area (Å²) in [7, 11) is -0.504. The molecule has 0 radical (unpaired) electrons. The topological polar surface area (TPSA) is 73.7 Å². The molecule has 36 heavy (non-hydrogen) atoms. The molecule has 1 saturated heterocycles. The number of nitrogens with zero attached hydrogens (tertiary/aromatic N) is 3. The molecule has 3 rings (SSSR count). The van der Waals surface area contributed by atoms with Gasteiger partial charge in [0.1, 0.15) is 11.4 Å². The smallest absolute Gasteiger partial charge is 0.411 e. The molecule has 3 atom stereocenters. The van der Waals surface area contributed by atoms with E-state index in [1.807, 2.05) is 6.07 Å². The number of carbonyl (C=O) groups excluding carboxylic acids is 2. The minimum absolute atomic E-state index is 0.0215. The van der Waals surface area contributed by atoms with Gasteiger partial charge in [-0.15, -0.1) is 0 Å². The van der Waals surface area contributed by atoms with Crippen molar-refractivity contribution >= 4 is 42.7 Å². The van der Waals surface area contributed by atoms with Crippen molar-refractivity contribution in [2.24, 2.45) is 11.8 Å². The average Bonchev–Trinajstić information content (AvgIpc) is 3.21. The third kappa shape index (κ3) is 4.91. The molecule has 0 spiro atoms. The zero-order valence-corrected chi connectivity index (χ0v) is 24.9. The van der Waals surface area contributed by atoms with Crippen LogP contribution in [0.1, 0.15) is 72.2 Å². The summed E-state index contributed by atoms with van der Waals surface area (Å²) in [4.78, 5) is 33.1. The maximum atomic E-state index is 14.1. The van der Waals surface area contributed by atoms with E-state index in [1.54, 1.807) is 25.1 Å².